The molecule has 0 aliphatic carbocycles. The Labute approximate surface area is 120 Å². The van der Waals surface area contributed by atoms with E-state index in [1.165, 1.54) is 4.90 Å². The summed E-state index contributed by atoms with van der Waals surface area (Å²) in [5.41, 5.74) is 6.73. The second kappa shape index (κ2) is 7.65. The number of carbonyl (C=O) groups is 2. The molecule has 0 radical (unpaired) electrons. The zero-order chi connectivity index (χ0) is 15.1. The summed E-state index contributed by atoms with van der Waals surface area (Å²) in [6, 6.07) is 6.90. The first-order chi connectivity index (χ1) is 9.45. The number of nitrogens with two attached hydrogens (primary N) is 1. The normalized spacial score (nSPS) is 11.8. The summed E-state index contributed by atoms with van der Waals surface area (Å²) in [5, 5.41) is 2.84. The van der Waals surface area contributed by atoms with Gasteiger partial charge in [-0.3, -0.25) is 9.59 Å². The maximum atomic E-state index is 11.9. The third kappa shape index (κ3) is 4.66. The molecule has 5 heteroatoms. The van der Waals surface area contributed by atoms with Gasteiger partial charge in [0.15, 0.2) is 0 Å². The Morgan fingerprint density at radius 3 is 2.35 bits per heavy atom. The summed E-state index contributed by atoms with van der Waals surface area (Å²) in [4.78, 5) is 25.2. The van der Waals surface area contributed by atoms with Gasteiger partial charge in [-0.25, -0.2) is 0 Å². The molecule has 1 rings (SSSR count). The zero-order valence-corrected chi connectivity index (χ0v) is 12.3. The summed E-state index contributed by atoms with van der Waals surface area (Å²) in [5.74, 6) is -0.147. The molecule has 0 aliphatic heterocycles. The van der Waals surface area contributed by atoms with Crippen LogP contribution in [0.4, 0.5) is 5.69 Å². The van der Waals surface area contributed by atoms with Gasteiger partial charge in [0.2, 0.25) is 5.91 Å². The van der Waals surface area contributed by atoms with Gasteiger partial charge in [-0.05, 0) is 43.7 Å². The van der Waals surface area contributed by atoms with Gasteiger partial charge in [-0.2, -0.15) is 0 Å². The maximum Gasteiger partial charge on any atom is 0.253 e. The lowest BCUT2D eigenvalue weighted by molar-refractivity contribution is -0.119. The Morgan fingerprint density at radius 1 is 1.25 bits per heavy atom. The van der Waals surface area contributed by atoms with Crippen LogP contribution in [0.3, 0.4) is 0 Å². The molecule has 5 nitrogen and oxygen atoms in total. The van der Waals surface area contributed by atoms with Gasteiger partial charge in [0.1, 0.15) is 0 Å². The maximum absolute atomic E-state index is 11.9. The largest absolute Gasteiger partial charge is 0.345 e. The lowest BCUT2D eigenvalue weighted by Crippen LogP contribution is -2.22. The molecule has 0 spiro atoms. The SMILES string of the molecule is CC(CCCN)C(=O)Nc1ccc(C(=O)N(C)C)cc1. The molecule has 3 N–H and O–H groups in total. The number of rotatable bonds is 6. The summed E-state index contributed by atoms with van der Waals surface area (Å²) < 4.78 is 0. The zero-order valence-electron chi connectivity index (χ0n) is 12.3. The number of hydrogen-bond acceptors (Lipinski definition) is 3. The highest BCUT2D eigenvalue weighted by molar-refractivity contribution is 5.96. The molecule has 20 heavy (non-hydrogen) atoms. The molecule has 0 bridgehead atoms. The second-order valence-corrected chi connectivity index (χ2v) is 5.10. The average Bonchev–Trinajstić information content (AvgIpc) is 2.44. The quantitative estimate of drug-likeness (QED) is 0.831. The Morgan fingerprint density at radius 2 is 1.85 bits per heavy atom. The van der Waals surface area contributed by atoms with E-state index in [0.717, 1.165) is 12.8 Å². The fourth-order valence-corrected chi connectivity index (χ4v) is 1.77. The van der Waals surface area contributed by atoms with Gasteiger partial charge in [0.05, 0.1) is 0 Å². The van der Waals surface area contributed by atoms with E-state index in [-0.39, 0.29) is 17.7 Å². The van der Waals surface area contributed by atoms with E-state index in [1.54, 1.807) is 38.4 Å². The highest BCUT2D eigenvalue weighted by Gasteiger charge is 2.13. The number of anilines is 1. The second-order valence-electron chi connectivity index (χ2n) is 5.10. The average molecular weight is 277 g/mol. The number of hydrogen-bond donors (Lipinski definition) is 2. The van der Waals surface area contributed by atoms with Gasteiger partial charge < -0.3 is 16.0 Å². The molecule has 1 atom stereocenters. The lowest BCUT2D eigenvalue weighted by atomic mass is 10.0. The highest BCUT2D eigenvalue weighted by atomic mass is 16.2. The minimum absolute atomic E-state index is 0.0230. The van der Waals surface area contributed by atoms with Crippen molar-refractivity contribution in [2.45, 2.75) is 19.8 Å². The molecule has 0 saturated heterocycles. The molecule has 0 saturated carbocycles. The van der Waals surface area contributed by atoms with Crippen molar-refractivity contribution >= 4 is 17.5 Å². The predicted octanol–water partition coefficient (Wildman–Crippen LogP) is 1.70. The van der Waals surface area contributed by atoms with Crippen molar-refractivity contribution in [1.29, 1.82) is 0 Å². The third-order valence-electron chi connectivity index (χ3n) is 3.09. The molecule has 0 heterocycles. The van der Waals surface area contributed by atoms with Crippen molar-refractivity contribution < 1.29 is 9.59 Å². The van der Waals surface area contributed by atoms with Crippen molar-refractivity contribution in [1.82, 2.24) is 4.90 Å². The van der Waals surface area contributed by atoms with E-state index in [9.17, 15) is 9.59 Å². The van der Waals surface area contributed by atoms with E-state index in [1.807, 2.05) is 6.92 Å². The first-order valence-electron chi connectivity index (χ1n) is 6.78. The van der Waals surface area contributed by atoms with Gasteiger partial charge in [-0.15, -0.1) is 0 Å². The summed E-state index contributed by atoms with van der Waals surface area (Å²) >= 11 is 0. The van der Waals surface area contributed by atoms with Crippen LogP contribution in [0.25, 0.3) is 0 Å². The molecule has 1 unspecified atom stereocenters. The molecular formula is C15H23N3O2. The van der Waals surface area contributed by atoms with Crippen LogP contribution in [0.2, 0.25) is 0 Å². The number of benzene rings is 1. The van der Waals surface area contributed by atoms with Gasteiger partial charge >= 0.3 is 0 Å². The number of nitrogens with zero attached hydrogens (tertiary/aromatic N) is 1. The van der Waals surface area contributed by atoms with Crippen LogP contribution in [-0.2, 0) is 4.79 Å². The number of amides is 2. The molecule has 0 aliphatic rings. The van der Waals surface area contributed by atoms with Crippen molar-refractivity contribution in [3.05, 3.63) is 29.8 Å². The summed E-state index contributed by atoms with van der Waals surface area (Å²) in [7, 11) is 3.41. The van der Waals surface area contributed by atoms with Crippen molar-refractivity contribution in [3.63, 3.8) is 0 Å². The van der Waals surface area contributed by atoms with Gasteiger partial charge in [-0.1, -0.05) is 6.92 Å². The van der Waals surface area contributed by atoms with Crippen molar-refractivity contribution in [2.75, 3.05) is 26.0 Å². The predicted molar refractivity (Wildman–Crippen MR) is 80.5 cm³/mol. The van der Waals surface area contributed by atoms with E-state index in [0.29, 0.717) is 17.8 Å². The van der Waals surface area contributed by atoms with Crippen molar-refractivity contribution in [3.8, 4) is 0 Å². The summed E-state index contributed by atoms with van der Waals surface area (Å²) in [6.07, 6.45) is 1.62. The fraction of sp³-hybridized carbons (Fsp3) is 0.467. The van der Waals surface area contributed by atoms with Crippen LogP contribution in [0, 0.1) is 5.92 Å². The van der Waals surface area contributed by atoms with Crippen LogP contribution in [0.1, 0.15) is 30.1 Å². The molecule has 0 fully saturated rings. The van der Waals surface area contributed by atoms with Crippen LogP contribution in [-0.4, -0.2) is 37.4 Å². The van der Waals surface area contributed by atoms with Gasteiger partial charge in [0.25, 0.3) is 5.91 Å². The van der Waals surface area contributed by atoms with E-state index >= 15 is 0 Å². The van der Waals surface area contributed by atoms with Crippen molar-refractivity contribution in [2.24, 2.45) is 11.7 Å². The van der Waals surface area contributed by atoms with Crippen LogP contribution in [0.15, 0.2) is 24.3 Å². The molecular weight excluding hydrogens is 254 g/mol. The fourth-order valence-electron chi connectivity index (χ4n) is 1.77. The number of carbonyl (C=O) groups excluding carboxylic acids is 2. The van der Waals surface area contributed by atoms with E-state index in [2.05, 4.69) is 5.32 Å². The smallest absolute Gasteiger partial charge is 0.253 e. The highest BCUT2D eigenvalue weighted by Crippen LogP contribution is 2.13. The first-order valence-corrected chi connectivity index (χ1v) is 6.78. The minimum Gasteiger partial charge on any atom is -0.345 e. The molecule has 2 amide bonds. The van der Waals surface area contributed by atoms with Crippen LogP contribution in [0.5, 0.6) is 0 Å². The monoisotopic (exact) mass is 277 g/mol. The van der Waals surface area contributed by atoms with Crippen LogP contribution >= 0.6 is 0 Å². The third-order valence-corrected chi connectivity index (χ3v) is 3.09. The molecule has 0 aromatic heterocycles. The molecule has 1 aromatic rings. The first kappa shape index (κ1) is 16.2. The van der Waals surface area contributed by atoms with Gasteiger partial charge in [0, 0.05) is 31.3 Å². The summed E-state index contributed by atoms with van der Waals surface area (Å²) in [6.45, 7) is 2.48. The van der Waals surface area contributed by atoms with E-state index < -0.39 is 0 Å². The number of nitrogens with one attached hydrogen (secondary N) is 1. The Hall–Kier alpha value is -1.88. The van der Waals surface area contributed by atoms with E-state index in [4.69, 9.17) is 5.73 Å². The lowest BCUT2D eigenvalue weighted by Gasteiger charge is -2.13. The molecule has 1 aromatic carbocycles. The Kier molecular flexibility index (Phi) is 6.18. The Bertz CT molecular complexity index is 455. The minimum atomic E-state index is -0.0679. The Balaban J connectivity index is 2.61. The molecule has 110 valence electrons. The topological polar surface area (TPSA) is 75.4 Å². The van der Waals surface area contributed by atoms with Crippen LogP contribution < -0.4 is 11.1 Å². The standard InChI is InChI=1S/C15H23N3O2/c1-11(5-4-10-16)14(19)17-13-8-6-12(7-9-13)15(20)18(2)3/h6-9,11H,4-5,10,16H2,1-3H3,(H,17,19).